The molecule has 5 nitrogen and oxygen atoms in total. The van der Waals surface area contributed by atoms with Gasteiger partial charge in [0.25, 0.3) is 5.91 Å². The lowest BCUT2D eigenvalue weighted by Gasteiger charge is -2.07. The molecule has 1 heterocycles. The molecule has 26 heavy (non-hydrogen) atoms. The molecule has 0 atom stereocenters. The Hall–Kier alpha value is -3.12. The number of ether oxygens (including phenoxy) is 1. The van der Waals surface area contributed by atoms with Crippen LogP contribution >= 0.6 is 11.3 Å². The van der Waals surface area contributed by atoms with Crippen molar-refractivity contribution in [2.24, 2.45) is 0 Å². The molecular formula is C20H19N3O2S. The summed E-state index contributed by atoms with van der Waals surface area (Å²) in [5.74, 6) is 0.471. The molecule has 0 unspecified atom stereocenters. The fraction of sp³-hybridized carbons (Fsp3) is 0.100. The van der Waals surface area contributed by atoms with Crippen LogP contribution in [0.5, 0.6) is 5.75 Å². The van der Waals surface area contributed by atoms with Crippen LogP contribution in [-0.4, -0.2) is 24.5 Å². The Morgan fingerprint density at radius 1 is 1.27 bits per heavy atom. The fourth-order valence-corrected chi connectivity index (χ4v) is 3.07. The molecule has 0 saturated heterocycles. The van der Waals surface area contributed by atoms with E-state index in [1.165, 1.54) is 0 Å². The first-order valence-corrected chi connectivity index (χ1v) is 8.93. The topological polar surface area (TPSA) is 63.2 Å². The zero-order valence-electron chi connectivity index (χ0n) is 14.4. The van der Waals surface area contributed by atoms with Crippen LogP contribution < -0.4 is 15.4 Å². The molecule has 1 aromatic heterocycles. The number of amides is 1. The van der Waals surface area contributed by atoms with E-state index in [1.54, 1.807) is 48.8 Å². The molecule has 132 valence electrons. The molecule has 0 radical (unpaired) electrons. The molecule has 0 aliphatic carbocycles. The maximum Gasteiger partial charge on any atom is 0.255 e. The summed E-state index contributed by atoms with van der Waals surface area (Å²) in [7, 11) is 1.58. The van der Waals surface area contributed by atoms with Gasteiger partial charge < -0.3 is 15.4 Å². The van der Waals surface area contributed by atoms with Crippen molar-refractivity contribution < 1.29 is 9.53 Å². The standard InChI is InChI=1S/C20H19N3O2S/c1-3-11-21-20-23-18(13-26-20)14-7-9-16(10-8-14)22-19(24)15-5-4-6-17(12-15)25-2/h3-10,12-13H,1,11H2,2H3,(H,21,23)(H,22,24). The van der Waals surface area contributed by atoms with Crippen LogP contribution in [0.25, 0.3) is 11.3 Å². The van der Waals surface area contributed by atoms with Crippen LogP contribution in [-0.2, 0) is 0 Å². The lowest BCUT2D eigenvalue weighted by Crippen LogP contribution is -2.11. The third-order valence-corrected chi connectivity index (χ3v) is 4.47. The molecular weight excluding hydrogens is 346 g/mol. The third kappa shape index (κ3) is 4.29. The number of hydrogen-bond acceptors (Lipinski definition) is 5. The summed E-state index contributed by atoms with van der Waals surface area (Å²) < 4.78 is 5.15. The number of thiazole rings is 1. The number of benzene rings is 2. The summed E-state index contributed by atoms with van der Waals surface area (Å²) in [6, 6.07) is 14.7. The average Bonchev–Trinajstić information content (AvgIpc) is 3.16. The van der Waals surface area contributed by atoms with Crippen LogP contribution in [0, 0.1) is 0 Å². The van der Waals surface area contributed by atoms with Crippen molar-refractivity contribution in [2.45, 2.75) is 0 Å². The second-order valence-electron chi connectivity index (χ2n) is 5.47. The lowest BCUT2D eigenvalue weighted by atomic mass is 10.1. The Balaban J connectivity index is 1.68. The molecule has 0 spiro atoms. The summed E-state index contributed by atoms with van der Waals surface area (Å²) in [6.45, 7) is 4.36. The van der Waals surface area contributed by atoms with E-state index in [0.29, 0.717) is 17.9 Å². The molecule has 0 fully saturated rings. The number of aromatic nitrogens is 1. The van der Waals surface area contributed by atoms with Crippen LogP contribution in [0.3, 0.4) is 0 Å². The van der Waals surface area contributed by atoms with Gasteiger partial charge in [0.1, 0.15) is 5.75 Å². The molecule has 3 aromatic rings. The van der Waals surface area contributed by atoms with Gasteiger partial charge in [0.2, 0.25) is 0 Å². The summed E-state index contributed by atoms with van der Waals surface area (Å²) >= 11 is 1.55. The summed E-state index contributed by atoms with van der Waals surface area (Å²) in [5.41, 5.74) is 3.16. The van der Waals surface area contributed by atoms with Crippen LogP contribution in [0.4, 0.5) is 10.8 Å². The second-order valence-corrected chi connectivity index (χ2v) is 6.33. The number of anilines is 2. The summed E-state index contributed by atoms with van der Waals surface area (Å²) in [5, 5.41) is 8.91. The van der Waals surface area contributed by atoms with E-state index in [9.17, 15) is 4.79 Å². The first-order chi connectivity index (χ1) is 12.7. The molecule has 6 heteroatoms. The van der Waals surface area contributed by atoms with Crippen molar-refractivity contribution in [3.8, 4) is 17.0 Å². The number of hydrogen-bond donors (Lipinski definition) is 2. The van der Waals surface area contributed by atoms with Gasteiger partial charge in [-0.1, -0.05) is 24.3 Å². The quantitative estimate of drug-likeness (QED) is 0.597. The van der Waals surface area contributed by atoms with Gasteiger partial charge in [-0.2, -0.15) is 0 Å². The molecule has 1 amide bonds. The molecule has 2 aromatic carbocycles. The second kappa shape index (κ2) is 8.31. The number of rotatable bonds is 7. The Bertz CT molecular complexity index is 903. The minimum atomic E-state index is -0.179. The van der Waals surface area contributed by atoms with Crippen molar-refractivity contribution in [1.29, 1.82) is 0 Å². The first kappa shape index (κ1) is 17.7. The first-order valence-electron chi connectivity index (χ1n) is 8.05. The largest absolute Gasteiger partial charge is 0.497 e. The number of carbonyl (C=O) groups is 1. The molecule has 2 N–H and O–H groups in total. The van der Waals surface area contributed by atoms with Gasteiger partial charge in [0, 0.05) is 28.7 Å². The summed E-state index contributed by atoms with van der Waals surface area (Å²) in [4.78, 5) is 16.9. The van der Waals surface area contributed by atoms with E-state index in [1.807, 2.05) is 29.6 Å². The highest BCUT2D eigenvalue weighted by atomic mass is 32.1. The zero-order valence-corrected chi connectivity index (χ0v) is 15.2. The maximum atomic E-state index is 12.3. The zero-order chi connectivity index (χ0) is 18.4. The SMILES string of the molecule is C=CCNc1nc(-c2ccc(NC(=O)c3cccc(OC)c3)cc2)cs1. The smallest absolute Gasteiger partial charge is 0.255 e. The van der Waals surface area contributed by atoms with Crippen LogP contribution in [0.1, 0.15) is 10.4 Å². The molecule has 0 aliphatic rings. The number of nitrogens with one attached hydrogen (secondary N) is 2. The molecule has 0 aliphatic heterocycles. The van der Waals surface area contributed by atoms with Gasteiger partial charge in [-0.15, -0.1) is 17.9 Å². The fourth-order valence-electron chi connectivity index (χ4n) is 2.34. The predicted molar refractivity (Wildman–Crippen MR) is 107 cm³/mol. The van der Waals surface area contributed by atoms with Crippen molar-refractivity contribution >= 4 is 28.1 Å². The molecule has 0 bridgehead atoms. The number of methoxy groups -OCH3 is 1. The predicted octanol–water partition coefficient (Wildman–Crippen LogP) is 4.67. The van der Waals surface area contributed by atoms with Crippen molar-refractivity contribution in [3.63, 3.8) is 0 Å². The van der Waals surface area contributed by atoms with E-state index < -0.39 is 0 Å². The Labute approximate surface area is 156 Å². The van der Waals surface area contributed by atoms with Crippen molar-refractivity contribution in [3.05, 3.63) is 72.1 Å². The van der Waals surface area contributed by atoms with Crippen molar-refractivity contribution in [1.82, 2.24) is 4.98 Å². The van der Waals surface area contributed by atoms with Crippen LogP contribution in [0.15, 0.2) is 66.6 Å². The Morgan fingerprint density at radius 2 is 2.08 bits per heavy atom. The maximum absolute atomic E-state index is 12.3. The van der Waals surface area contributed by atoms with E-state index in [-0.39, 0.29) is 5.91 Å². The van der Waals surface area contributed by atoms with Gasteiger partial charge in [-0.25, -0.2) is 4.98 Å². The average molecular weight is 365 g/mol. The minimum absolute atomic E-state index is 0.179. The molecule has 3 rings (SSSR count). The summed E-state index contributed by atoms with van der Waals surface area (Å²) in [6.07, 6.45) is 1.79. The van der Waals surface area contributed by atoms with E-state index in [2.05, 4.69) is 22.2 Å². The number of nitrogens with zero attached hydrogens (tertiary/aromatic N) is 1. The van der Waals surface area contributed by atoms with E-state index in [4.69, 9.17) is 4.74 Å². The Kier molecular flexibility index (Phi) is 5.66. The van der Waals surface area contributed by atoms with E-state index >= 15 is 0 Å². The number of carbonyl (C=O) groups excluding carboxylic acids is 1. The van der Waals surface area contributed by atoms with Gasteiger partial charge in [-0.3, -0.25) is 4.79 Å². The highest BCUT2D eigenvalue weighted by Gasteiger charge is 2.08. The Morgan fingerprint density at radius 3 is 2.81 bits per heavy atom. The van der Waals surface area contributed by atoms with Gasteiger partial charge in [0.05, 0.1) is 12.8 Å². The third-order valence-electron chi connectivity index (χ3n) is 3.67. The lowest BCUT2D eigenvalue weighted by molar-refractivity contribution is 0.102. The highest BCUT2D eigenvalue weighted by molar-refractivity contribution is 7.14. The van der Waals surface area contributed by atoms with Gasteiger partial charge in [-0.05, 0) is 30.3 Å². The monoisotopic (exact) mass is 365 g/mol. The van der Waals surface area contributed by atoms with Gasteiger partial charge >= 0.3 is 0 Å². The van der Waals surface area contributed by atoms with E-state index in [0.717, 1.165) is 22.1 Å². The normalized spacial score (nSPS) is 10.2. The van der Waals surface area contributed by atoms with Crippen LogP contribution in [0.2, 0.25) is 0 Å². The molecule has 0 saturated carbocycles. The highest BCUT2D eigenvalue weighted by Crippen LogP contribution is 2.26. The van der Waals surface area contributed by atoms with Gasteiger partial charge in [0.15, 0.2) is 5.13 Å². The van der Waals surface area contributed by atoms with Crippen molar-refractivity contribution in [2.75, 3.05) is 24.3 Å². The minimum Gasteiger partial charge on any atom is -0.497 e.